The van der Waals surface area contributed by atoms with E-state index in [0.717, 1.165) is 0 Å². The van der Waals surface area contributed by atoms with Crippen LogP contribution in [0, 0.1) is 0 Å². The molecule has 0 fully saturated rings. The maximum Gasteiger partial charge on any atom is 0.251 e. The molecule has 0 aliphatic rings. The Morgan fingerprint density at radius 3 is 3.07 bits per heavy atom. The van der Waals surface area contributed by atoms with Crippen LogP contribution in [0.5, 0.6) is 0 Å². The lowest BCUT2D eigenvalue weighted by molar-refractivity contribution is 0.149. The number of H-pyrrole nitrogens is 1. The molecule has 5 heteroatoms. The molecule has 0 aliphatic heterocycles. The van der Waals surface area contributed by atoms with Crippen LogP contribution in [0.25, 0.3) is 0 Å². The predicted octanol–water partition coefficient (Wildman–Crippen LogP) is -0.192. The van der Waals surface area contributed by atoms with Gasteiger partial charge in [-0.15, -0.1) is 0 Å². The SMILES string of the molecule is CCOCCc1nc(CN)cc(=O)[nH]1. The van der Waals surface area contributed by atoms with E-state index in [1.54, 1.807) is 0 Å². The normalized spacial score (nSPS) is 10.4. The minimum absolute atomic E-state index is 0.160. The number of hydrogen-bond donors (Lipinski definition) is 2. The smallest absolute Gasteiger partial charge is 0.251 e. The van der Waals surface area contributed by atoms with Crippen LogP contribution in [0.1, 0.15) is 18.4 Å². The van der Waals surface area contributed by atoms with Gasteiger partial charge in [0.2, 0.25) is 0 Å². The molecule has 0 aromatic carbocycles. The fraction of sp³-hybridized carbons (Fsp3) is 0.556. The highest BCUT2D eigenvalue weighted by Gasteiger charge is 1.99. The molecule has 0 atom stereocenters. The number of hydrogen-bond acceptors (Lipinski definition) is 4. The van der Waals surface area contributed by atoms with E-state index in [1.165, 1.54) is 6.07 Å². The summed E-state index contributed by atoms with van der Waals surface area (Å²) in [6.07, 6.45) is 0.608. The van der Waals surface area contributed by atoms with Gasteiger partial charge in [0.25, 0.3) is 5.56 Å². The molecule has 0 unspecified atom stereocenters. The zero-order valence-corrected chi connectivity index (χ0v) is 8.25. The van der Waals surface area contributed by atoms with E-state index in [0.29, 0.717) is 31.2 Å². The molecular formula is C9H15N3O2. The summed E-state index contributed by atoms with van der Waals surface area (Å²) >= 11 is 0. The van der Waals surface area contributed by atoms with Crippen LogP contribution in [0.2, 0.25) is 0 Å². The van der Waals surface area contributed by atoms with E-state index in [1.807, 2.05) is 6.92 Å². The van der Waals surface area contributed by atoms with Crippen molar-refractivity contribution < 1.29 is 4.74 Å². The lowest BCUT2D eigenvalue weighted by Gasteiger charge is -2.02. The molecule has 0 saturated heterocycles. The highest BCUT2D eigenvalue weighted by Crippen LogP contribution is 1.92. The Balaban J connectivity index is 2.67. The summed E-state index contributed by atoms with van der Waals surface area (Å²) in [5.41, 5.74) is 5.85. The first kappa shape index (κ1) is 10.9. The maximum absolute atomic E-state index is 11.1. The molecule has 0 aliphatic carbocycles. The Morgan fingerprint density at radius 1 is 1.64 bits per heavy atom. The summed E-state index contributed by atoms with van der Waals surface area (Å²) < 4.78 is 5.16. The first-order chi connectivity index (χ1) is 6.76. The zero-order valence-electron chi connectivity index (χ0n) is 8.25. The van der Waals surface area contributed by atoms with Gasteiger partial charge in [-0.2, -0.15) is 0 Å². The van der Waals surface area contributed by atoms with Gasteiger partial charge in [-0.05, 0) is 6.92 Å². The molecule has 1 heterocycles. The number of nitrogens with two attached hydrogens (primary N) is 1. The first-order valence-corrected chi connectivity index (χ1v) is 4.63. The summed E-state index contributed by atoms with van der Waals surface area (Å²) in [6.45, 7) is 3.44. The highest BCUT2D eigenvalue weighted by atomic mass is 16.5. The standard InChI is InChI=1S/C9H15N3O2/c1-2-14-4-3-8-11-7(6-10)5-9(13)12-8/h5H,2-4,6,10H2,1H3,(H,11,12,13). The minimum atomic E-state index is -0.160. The van der Waals surface area contributed by atoms with Gasteiger partial charge in [-0.25, -0.2) is 4.98 Å². The molecule has 0 amide bonds. The van der Waals surface area contributed by atoms with Crippen molar-refractivity contribution in [2.24, 2.45) is 5.73 Å². The van der Waals surface area contributed by atoms with Gasteiger partial charge in [-0.3, -0.25) is 4.79 Å². The van der Waals surface area contributed by atoms with Crippen LogP contribution in [0.4, 0.5) is 0 Å². The third kappa shape index (κ3) is 3.27. The number of aromatic nitrogens is 2. The number of aromatic amines is 1. The molecule has 5 nitrogen and oxygen atoms in total. The van der Waals surface area contributed by atoms with Crippen LogP contribution in [-0.2, 0) is 17.7 Å². The number of nitrogens with zero attached hydrogens (tertiary/aromatic N) is 1. The van der Waals surface area contributed by atoms with Crippen LogP contribution < -0.4 is 11.3 Å². The third-order valence-corrected chi connectivity index (χ3v) is 1.74. The van der Waals surface area contributed by atoms with E-state index < -0.39 is 0 Å². The number of rotatable bonds is 5. The van der Waals surface area contributed by atoms with E-state index in [-0.39, 0.29) is 12.1 Å². The van der Waals surface area contributed by atoms with E-state index in [4.69, 9.17) is 10.5 Å². The summed E-state index contributed by atoms with van der Waals surface area (Å²) in [7, 11) is 0. The fourth-order valence-corrected chi connectivity index (χ4v) is 1.10. The predicted molar refractivity (Wildman–Crippen MR) is 52.9 cm³/mol. The number of ether oxygens (including phenoxy) is 1. The van der Waals surface area contributed by atoms with Crippen LogP contribution >= 0.6 is 0 Å². The maximum atomic E-state index is 11.1. The average Bonchev–Trinajstić information content (AvgIpc) is 2.17. The fourth-order valence-electron chi connectivity index (χ4n) is 1.10. The average molecular weight is 197 g/mol. The Kier molecular flexibility index (Phi) is 4.28. The van der Waals surface area contributed by atoms with Gasteiger partial charge in [0, 0.05) is 25.6 Å². The Hall–Kier alpha value is -1.20. The molecule has 78 valence electrons. The van der Waals surface area contributed by atoms with Gasteiger partial charge in [0.1, 0.15) is 5.82 Å². The topological polar surface area (TPSA) is 81.0 Å². The van der Waals surface area contributed by atoms with Gasteiger partial charge < -0.3 is 15.5 Å². The van der Waals surface area contributed by atoms with Crippen molar-refractivity contribution in [3.05, 3.63) is 27.9 Å². The van der Waals surface area contributed by atoms with Crippen molar-refractivity contribution in [2.75, 3.05) is 13.2 Å². The van der Waals surface area contributed by atoms with Crippen molar-refractivity contribution in [2.45, 2.75) is 19.9 Å². The van der Waals surface area contributed by atoms with Crippen molar-refractivity contribution in [1.82, 2.24) is 9.97 Å². The van der Waals surface area contributed by atoms with Crippen LogP contribution in [-0.4, -0.2) is 23.2 Å². The largest absolute Gasteiger partial charge is 0.381 e. The molecular weight excluding hydrogens is 182 g/mol. The Bertz CT molecular complexity index is 335. The molecule has 0 saturated carbocycles. The summed E-state index contributed by atoms with van der Waals surface area (Å²) in [5, 5.41) is 0. The van der Waals surface area contributed by atoms with E-state index >= 15 is 0 Å². The molecule has 1 aromatic heterocycles. The highest BCUT2D eigenvalue weighted by molar-refractivity contribution is 5.02. The van der Waals surface area contributed by atoms with Gasteiger partial charge in [0.05, 0.1) is 12.3 Å². The first-order valence-electron chi connectivity index (χ1n) is 4.63. The molecule has 0 spiro atoms. The van der Waals surface area contributed by atoms with Crippen molar-refractivity contribution in [3.8, 4) is 0 Å². The second kappa shape index (κ2) is 5.51. The number of nitrogens with one attached hydrogen (secondary N) is 1. The summed E-state index contributed by atoms with van der Waals surface area (Å²) in [6, 6.07) is 1.41. The Morgan fingerprint density at radius 2 is 2.43 bits per heavy atom. The van der Waals surface area contributed by atoms with E-state index in [2.05, 4.69) is 9.97 Å². The monoisotopic (exact) mass is 197 g/mol. The minimum Gasteiger partial charge on any atom is -0.381 e. The molecule has 0 bridgehead atoms. The lowest BCUT2D eigenvalue weighted by atomic mass is 10.3. The quantitative estimate of drug-likeness (QED) is 0.641. The van der Waals surface area contributed by atoms with Crippen LogP contribution in [0.3, 0.4) is 0 Å². The van der Waals surface area contributed by atoms with Crippen molar-refractivity contribution in [1.29, 1.82) is 0 Å². The lowest BCUT2D eigenvalue weighted by Crippen LogP contribution is -2.16. The van der Waals surface area contributed by atoms with Gasteiger partial charge >= 0.3 is 0 Å². The molecule has 0 radical (unpaired) electrons. The Labute approximate surface area is 82.3 Å². The summed E-state index contributed by atoms with van der Waals surface area (Å²) in [4.78, 5) is 17.9. The second-order valence-electron chi connectivity index (χ2n) is 2.83. The van der Waals surface area contributed by atoms with Crippen molar-refractivity contribution in [3.63, 3.8) is 0 Å². The molecule has 1 rings (SSSR count). The van der Waals surface area contributed by atoms with Gasteiger partial charge in [0.15, 0.2) is 0 Å². The zero-order chi connectivity index (χ0) is 10.4. The molecule has 3 N–H and O–H groups in total. The molecule has 1 aromatic rings. The van der Waals surface area contributed by atoms with E-state index in [9.17, 15) is 4.79 Å². The van der Waals surface area contributed by atoms with Gasteiger partial charge in [-0.1, -0.05) is 0 Å². The third-order valence-electron chi connectivity index (χ3n) is 1.74. The summed E-state index contributed by atoms with van der Waals surface area (Å²) in [5.74, 6) is 0.631. The second-order valence-corrected chi connectivity index (χ2v) is 2.83. The van der Waals surface area contributed by atoms with Crippen molar-refractivity contribution >= 4 is 0 Å². The molecule has 14 heavy (non-hydrogen) atoms. The van der Waals surface area contributed by atoms with Crippen LogP contribution in [0.15, 0.2) is 10.9 Å².